The van der Waals surface area contributed by atoms with Crippen molar-refractivity contribution in [2.45, 2.75) is 38.8 Å². The lowest BCUT2D eigenvalue weighted by Crippen LogP contribution is -2.32. The summed E-state index contributed by atoms with van der Waals surface area (Å²) in [6.07, 6.45) is -3.79. The largest absolute Gasteiger partial charge is 0.374 e. The molecule has 0 aliphatic heterocycles. The van der Waals surface area contributed by atoms with Gasteiger partial charge in [0.2, 0.25) is 5.91 Å². The molecule has 1 atom stereocenters. The SMILES string of the molecule is Cc1ccc(F)cc1NC(=O)C(C)Nc1cccc(COCC(F)(F)C(F)F)c1. The Balaban J connectivity index is 1.93. The fourth-order valence-corrected chi connectivity index (χ4v) is 2.40. The van der Waals surface area contributed by atoms with E-state index in [0.29, 0.717) is 22.5 Å². The summed E-state index contributed by atoms with van der Waals surface area (Å²) >= 11 is 0. The van der Waals surface area contributed by atoms with Crippen LogP contribution in [0.2, 0.25) is 0 Å². The van der Waals surface area contributed by atoms with E-state index in [9.17, 15) is 26.7 Å². The van der Waals surface area contributed by atoms with E-state index in [1.807, 2.05) is 0 Å². The molecule has 0 saturated carbocycles. The number of aryl methyl sites for hydroxylation is 1. The Morgan fingerprint density at radius 3 is 2.59 bits per heavy atom. The standard InChI is InChI=1S/C20H21F5N2O2/c1-12-6-7-15(21)9-17(12)27-18(28)13(2)26-16-5-3-4-14(8-16)10-29-11-20(24,25)19(22)23/h3-9,13,19,26H,10-11H2,1-2H3,(H,27,28). The first-order valence-electron chi connectivity index (χ1n) is 8.74. The Labute approximate surface area is 165 Å². The molecule has 158 valence electrons. The number of hydrogen-bond donors (Lipinski definition) is 2. The summed E-state index contributed by atoms with van der Waals surface area (Å²) in [7, 11) is 0. The number of alkyl halides is 4. The molecule has 0 saturated heterocycles. The quantitative estimate of drug-likeness (QED) is 0.567. The number of rotatable bonds is 9. The van der Waals surface area contributed by atoms with Crippen LogP contribution in [-0.2, 0) is 16.1 Å². The lowest BCUT2D eigenvalue weighted by molar-refractivity contribution is -0.168. The van der Waals surface area contributed by atoms with E-state index in [-0.39, 0.29) is 6.61 Å². The van der Waals surface area contributed by atoms with Crippen molar-refractivity contribution in [1.82, 2.24) is 0 Å². The van der Waals surface area contributed by atoms with Gasteiger partial charge in [-0.3, -0.25) is 4.79 Å². The molecule has 2 aromatic carbocycles. The molecule has 2 N–H and O–H groups in total. The van der Waals surface area contributed by atoms with Crippen LogP contribution in [0.4, 0.5) is 33.3 Å². The van der Waals surface area contributed by atoms with Crippen LogP contribution in [0.3, 0.4) is 0 Å². The summed E-state index contributed by atoms with van der Waals surface area (Å²) < 4.78 is 68.0. The van der Waals surface area contributed by atoms with Gasteiger partial charge in [-0.25, -0.2) is 13.2 Å². The minimum Gasteiger partial charge on any atom is -0.374 e. The fourth-order valence-electron chi connectivity index (χ4n) is 2.40. The summed E-state index contributed by atoms with van der Waals surface area (Å²) in [6.45, 7) is 1.64. The summed E-state index contributed by atoms with van der Waals surface area (Å²) in [5, 5.41) is 5.56. The number of hydrogen-bond acceptors (Lipinski definition) is 3. The lowest BCUT2D eigenvalue weighted by Gasteiger charge is -2.17. The first-order valence-corrected chi connectivity index (χ1v) is 8.74. The molecule has 1 unspecified atom stereocenters. The Hall–Kier alpha value is -2.68. The number of ether oxygens (including phenoxy) is 1. The molecule has 4 nitrogen and oxygen atoms in total. The van der Waals surface area contributed by atoms with E-state index in [1.54, 1.807) is 44.2 Å². The molecule has 0 spiro atoms. The number of benzene rings is 2. The maximum absolute atomic E-state index is 13.3. The molecule has 29 heavy (non-hydrogen) atoms. The maximum atomic E-state index is 13.3. The first-order chi connectivity index (χ1) is 13.6. The molecule has 2 aromatic rings. The van der Waals surface area contributed by atoms with Gasteiger partial charge in [0.15, 0.2) is 0 Å². The number of carbonyl (C=O) groups excluding carboxylic acids is 1. The van der Waals surface area contributed by atoms with Gasteiger partial charge in [-0.05, 0) is 49.2 Å². The number of halogens is 5. The van der Waals surface area contributed by atoms with Crippen LogP contribution in [0.5, 0.6) is 0 Å². The predicted octanol–water partition coefficient (Wildman–Crippen LogP) is 4.99. The zero-order valence-corrected chi connectivity index (χ0v) is 15.8. The minimum absolute atomic E-state index is 0.291. The summed E-state index contributed by atoms with van der Waals surface area (Å²) in [6, 6.07) is 9.73. The highest BCUT2D eigenvalue weighted by Gasteiger charge is 2.40. The summed E-state index contributed by atoms with van der Waals surface area (Å²) in [5.41, 5.74) is 2.02. The third kappa shape index (κ3) is 6.70. The van der Waals surface area contributed by atoms with Gasteiger partial charge >= 0.3 is 12.3 Å². The second-order valence-corrected chi connectivity index (χ2v) is 6.57. The van der Waals surface area contributed by atoms with E-state index in [4.69, 9.17) is 0 Å². The van der Waals surface area contributed by atoms with Crippen LogP contribution in [0.15, 0.2) is 42.5 Å². The fraction of sp³-hybridized carbons (Fsp3) is 0.350. The van der Waals surface area contributed by atoms with Crippen LogP contribution in [0, 0.1) is 12.7 Å². The smallest absolute Gasteiger partial charge is 0.330 e. The Bertz CT molecular complexity index is 845. The zero-order chi connectivity index (χ0) is 21.6. The summed E-state index contributed by atoms with van der Waals surface area (Å²) in [5.74, 6) is -5.09. The second-order valence-electron chi connectivity index (χ2n) is 6.57. The Kier molecular flexibility index (Phi) is 7.55. The van der Waals surface area contributed by atoms with Crippen LogP contribution in [-0.4, -0.2) is 30.9 Å². The van der Waals surface area contributed by atoms with E-state index in [0.717, 1.165) is 0 Å². The van der Waals surface area contributed by atoms with Gasteiger partial charge in [0.1, 0.15) is 18.5 Å². The van der Waals surface area contributed by atoms with E-state index < -0.39 is 36.7 Å². The van der Waals surface area contributed by atoms with E-state index in [1.165, 1.54) is 12.1 Å². The van der Waals surface area contributed by atoms with Crippen molar-refractivity contribution in [3.63, 3.8) is 0 Å². The highest BCUT2D eigenvalue weighted by atomic mass is 19.3. The predicted molar refractivity (Wildman–Crippen MR) is 99.9 cm³/mol. The van der Waals surface area contributed by atoms with Crippen LogP contribution in [0.1, 0.15) is 18.1 Å². The highest BCUT2D eigenvalue weighted by molar-refractivity contribution is 5.96. The highest BCUT2D eigenvalue weighted by Crippen LogP contribution is 2.23. The van der Waals surface area contributed by atoms with Crippen molar-refractivity contribution in [3.05, 3.63) is 59.4 Å². The third-order valence-corrected chi connectivity index (χ3v) is 4.04. The van der Waals surface area contributed by atoms with Gasteiger partial charge in [0, 0.05) is 11.4 Å². The average Bonchev–Trinajstić information content (AvgIpc) is 2.64. The van der Waals surface area contributed by atoms with Gasteiger partial charge in [-0.2, -0.15) is 8.78 Å². The molecular weight excluding hydrogens is 395 g/mol. The van der Waals surface area contributed by atoms with Crippen molar-refractivity contribution in [2.75, 3.05) is 17.2 Å². The van der Waals surface area contributed by atoms with E-state index >= 15 is 0 Å². The molecule has 2 rings (SSSR count). The second kappa shape index (κ2) is 9.69. The lowest BCUT2D eigenvalue weighted by atomic mass is 10.1. The minimum atomic E-state index is -4.21. The van der Waals surface area contributed by atoms with Crippen molar-refractivity contribution in [2.24, 2.45) is 0 Å². The third-order valence-electron chi connectivity index (χ3n) is 4.04. The molecule has 9 heteroatoms. The molecule has 0 aromatic heterocycles. The van der Waals surface area contributed by atoms with Gasteiger partial charge in [0.25, 0.3) is 0 Å². The number of amides is 1. The number of anilines is 2. The van der Waals surface area contributed by atoms with Crippen molar-refractivity contribution in [1.29, 1.82) is 0 Å². The molecule has 0 fully saturated rings. The van der Waals surface area contributed by atoms with Crippen LogP contribution < -0.4 is 10.6 Å². The topological polar surface area (TPSA) is 50.4 Å². The normalized spacial score (nSPS) is 12.7. The number of nitrogens with one attached hydrogen (secondary N) is 2. The van der Waals surface area contributed by atoms with Gasteiger partial charge < -0.3 is 15.4 Å². The monoisotopic (exact) mass is 416 g/mol. The van der Waals surface area contributed by atoms with Crippen LogP contribution >= 0.6 is 0 Å². The molecule has 1 amide bonds. The molecular formula is C20H21F5N2O2. The molecule has 0 bridgehead atoms. The zero-order valence-electron chi connectivity index (χ0n) is 15.8. The van der Waals surface area contributed by atoms with Gasteiger partial charge in [0.05, 0.1) is 6.61 Å². The van der Waals surface area contributed by atoms with Crippen molar-refractivity contribution < 1.29 is 31.5 Å². The first kappa shape index (κ1) is 22.6. The van der Waals surface area contributed by atoms with Crippen molar-refractivity contribution in [3.8, 4) is 0 Å². The molecule has 0 radical (unpaired) electrons. The van der Waals surface area contributed by atoms with Crippen molar-refractivity contribution >= 4 is 17.3 Å². The van der Waals surface area contributed by atoms with Gasteiger partial charge in [-0.1, -0.05) is 18.2 Å². The van der Waals surface area contributed by atoms with E-state index in [2.05, 4.69) is 15.4 Å². The Morgan fingerprint density at radius 1 is 1.17 bits per heavy atom. The maximum Gasteiger partial charge on any atom is 0.330 e. The Morgan fingerprint density at radius 2 is 1.90 bits per heavy atom. The molecule has 0 aliphatic carbocycles. The molecule has 0 heterocycles. The number of carbonyl (C=O) groups is 1. The van der Waals surface area contributed by atoms with Gasteiger partial charge in [-0.15, -0.1) is 0 Å². The summed E-state index contributed by atoms with van der Waals surface area (Å²) in [4.78, 5) is 12.3. The average molecular weight is 416 g/mol. The molecule has 0 aliphatic rings. The van der Waals surface area contributed by atoms with Crippen LogP contribution in [0.25, 0.3) is 0 Å².